The summed E-state index contributed by atoms with van der Waals surface area (Å²) in [6.45, 7) is 9.95. The number of aryl methyl sites for hydroxylation is 4. The van der Waals surface area contributed by atoms with E-state index in [0.29, 0.717) is 5.16 Å². The van der Waals surface area contributed by atoms with Gasteiger partial charge < -0.3 is 5.32 Å². The lowest BCUT2D eigenvalue weighted by atomic mass is 10.1. The molecule has 0 aliphatic heterocycles. The zero-order valence-electron chi connectivity index (χ0n) is 16.1. The SMILES string of the molecule is Cc1ccc(C)c(NC(=O)[C@H](C)Sc2nnnn2-c2ccc(C)c(C)c2)c1. The van der Waals surface area contributed by atoms with Crippen molar-refractivity contribution in [2.45, 2.75) is 45.0 Å². The molecule has 140 valence electrons. The van der Waals surface area contributed by atoms with Crippen LogP contribution in [0.25, 0.3) is 5.69 Å². The van der Waals surface area contributed by atoms with Gasteiger partial charge in [0.05, 0.1) is 10.9 Å². The van der Waals surface area contributed by atoms with E-state index in [1.54, 1.807) is 4.68 Å². The zero-order valence-corrected chi connectivity index (χ0v) is 17.0. The molecule has 1 atom stereocenters. The van der Waals surface area contributed by atoms with E-state index < -0.39 is 0 Å². The highest BCUT2D eigenvalue weighted by Crippen LogP contribution is 2.25. The highest BCUT2D eigenvalue weighted by atomic mass is 32.2. The molecule has 6 nitrogen and oxygen atoms in total. The van der Waals surface area contributed by atoms with Gasteiger partial charge in [0.25, 0.3) is 0 Å². The van der Waals surface area contributed by atoms with Crippen LogP contribution in [0.3, 0.4) is 0 Å². The Morgan fingerprint density at radius 1 is 1.04 bits per heavy atom. The maximum absolute atomic E-state index is 12.6. The summed E-state index contributed by atoms with van der Waals surface area (Å²) in [5, 5.41) is 15.2. The largest absolute Gasteiger partial charge is 0.325 e. The standard InChI is InChI=1S/C20H23N5OS/c1-12-6-7-14(3)18(10-12)21-19(26)16(5)27-20-22-23-24-25(20)17-9-8-13(2)15(4)11-17/h6-11,16H,1-5H3,(H,21,26)/t16-/m0/s1. The van der Waals surface area contributed by atoms with Crippen molar-refractivity contribution >= 4 is 23.4 Å². The quantitative estimate of drug-likeness (QED) is 0.676. The first-order valence-corrected chi connectivity index (χ1v) is 9.64. The van der Waals surface area contributed by atoms with Crippen LogP contribution in [0.4, 0.5) is 5.69 Å². The first kappa shape index (κ1) is 19.1. The number of carbonyl (C=O) groups is 1. The normalized spacial score (nSPS) is 12.0. The summed E-state index contributed by atoms with van der Waals surface area (Å²) >= 11 is 1.33. The Labute approximate surface area is 163 Å². The van der Waals surface area contributed by atoms with Gasteiger partial charge in [0.2, 0.25) is 11.1 Å². The molecule has 0 aliphatic carbocycles. The fraction of sp³-hybridized carbons (Fsp3) is 0.300. The highest BCUT2D eigenvalue weighted by molar-refractivity contribution is 8.00. The van der Waals surface area contributed by atoms with Crippen molar-refractivity contribution in [1.29, 1.82) is 0 Å². The number of nitrogens with one attached hydrogen (secondary N) is 1. The second kappa shape index (κ2) is 7.92. The van der Waals surface area contributed by atoms with Crippen molar-refractivity contribution < 1.29 is 4.79 Å². The van der Waals surface area contributed by atoms with E-state index in [0.717, 1.165) is 22.5 Å². The number of nitrogens with zero attached hydrogens (tertiary/aromatic N) is 4. The maximum Gasteiger partial charge on any atom is 0.237 e. The predicted molar refractivity (Wildman–Crippen MR) is 108 cm³/mol. The first-order chi connectivity index (χ1) is 12.8. The Hall–Kier alpha value is -2.67. The predicted octanol–water partition coefficient (Wildman–Crippen LogP) is 4.02. The second-order valence-electron chi connectivity index (χ2n) is 6.71. The van der Waals surface area contributed by atoms with E-state index in [2.05, 4.69) is 34.7 Å². The molecule has 0 radical (unpaired) electrons. The first-order valence-electron chi connectivity index (χ1n) is 8.76. The second-order valence-corrected chi connectivity index (χ2v) is 8.02. The van der Waals surface area contributed by atoms with Gasteiger partial charge in [-0.2, -0.15) is 4.68 Å². The highest BCUT2D eigenvalue weighted by Gasteiger charge is 2.20. The number of amides is 1. The smallest absolute Gasteiger partial charge is 0.237 e. The molecule has 3 rings (SSSR count). The van der Waals surface area contributed by atoms with Gasteiger partial charge in [-0.15, -0.1) is 5.10 Å². The van der Waals surface area contributed by atoms with Crippen molar-refractivity contribution in [2.24, 2.45) is 0 Å². The molecule has 27 heavy (non-hydrogen) atoms. The lowest BCUT2D eigenvalue weighted by molar-refractivity contribution is -0.115. The van der Waals surface area contributed by atoms with Gasteiger partial charge in [-0.1, -0.05) is 30.0 Å². The van der Waals surface area contributed by atoms with Crippen LogP contribution in [0, 0.1) is 27.7 Å². The van der Waals surface area contributed by atoms with Gasteiger partial charge in [0.1, 0.15) is 0 Å². The molecule has 0 aliphatic rings. The molecular weight excluding hydrogens is 358 g/mol. The minimum atomic E-state index is -0.346. The summed E-state index contributed by atoms with van der Waals surface area (Å²) in [6, 6.07) is 12.1. The van der Waals surface area contributed by atoms with Gasteiger partial charge in [0.15, 0.2) is 0 Å². The maximum atomic E-state index is 12.6. The fourth-order valence-corrected chi connectivity index (χ4v) is 3.40. The van der Waals surface area contributed by atoms with E-state index >= 15 is 0 Å². The Bertz CT molecular complexity index is 982. The number of thioether (sulfide) groups is 1. The molecule has 2 aromatic carbocycles. The van der Waals surface area contributed by atoms with Gasteiger partial charge >= 0.3 is 0 Å². The summed E-state index contributed by atoms with van der Waals surface area (Å²) in [7, 11) is 0. The Morgan fingerprint density at radius 3 is 2.52 bits per heavy atom. The molecule has 1 N–H and O–H groups in total. The van der Waals surface area contributed by atoms with Gasteiger partial charge in [0, 0.05) is 5.69 Å². The molecule has 0 unspecified atom stereocenters. The molecule has 0 saturated heterocycles. The van der Waals surface area contributed by atoms with Crippen molar-refractivity contribution in [1.82, 2.24) is 20.2 Å². The Balaban J connectivity index is 1.75. The average Bonchev–Trinajstić information content (AvgIpc) is 3.08. The minimum Gasteiger partial charge on any atom is -0.325 e. The van der Waals surface area contributed by atoms with Crippen LogP contribution in [-0.4, -0.2) is 31.4 Å². The van der Waals surface area contributed by atoms with Crippen LogP contribution in [0.2, 0.25) is 0 Å². The number of benzene rings is 2. The monoisotopic (exact) mass is 381 g/mol. The number of anilines is 1. The third-order valence-electron chi connectivity index (χ3n) is 4.48. The van der Waals surface area contributed by atoms with Crippen LogP contribution in [-0.2, 0) is 4.79 Å². The average molecular weight is 382 g/mol. The molecule has 1 amide bonds. The van der Waals surface area contributed by atoms with Crippen LogP contribution >= 0.6 is 11.8 Å². The summed E-state index contributed by atoms with van der Waals surface area (Å²) in [5.41, 5.74) is 6.23. The number of hydrogen-bond acceptors (Lipinski definition) is 5. The van der Waals surface area contributed by atoms with Crippen molar-refractivity contribution in [3.8, 4) is 5.69 Å². The number of carbonyl (C=O) groups excluding carboxylic acids is 1. The number of rotatable bonds is 5. The molecule has 7 heteroatoms. The molecule has 3 aromatic rings. The van der Waals surface area contributed by atoms with Gasteiger partial charge in [-0.3, -0.25) is 4.79 Å². The summed E-state index contributed by atoms with van der Waals surface area (Å²) in [5.74, 6) is -0.0802. The summed E-state index contributed by atoms with van der Waals surface area (Å²) in [4.78, 5) is 12.6. The summed E-state index contributed by atoms with van der Waals surface area (Å²) in [6.07, 6.45) is 0. The van der Waals surface area contributed by atoms with Crippen LogP contribution in [0.15, 0.2) is 41.6 Å². The molecule has 0 fully saturated rings. The third kappa shape index (κ3) is 4.36. The minimum absolute atomic E-state index is 0.0802. The van der Waals surface area contributed by atoms with E-state index in [4.69, 9.17) is 0 Å². The Morgan fingerprint density at radius 2 is 1.78 bits per heavy atom. The number of tetrazole rings is 1. The lowest BCUT2D eigenvalue weighted by Crippen LogP contribution is -2.23. The van der Waals surface area contributed by atoms with Gasteiger partial charge in [-0.05, 0) is 85.5 Å². The van der Waals surface area contributed by atoms with E-state index in [-0.39, 0.29) is 11.2 Å². The van der Waals surface area contributed by atoms with Crippen molar-refractivity contribution in [2.75, 3.05) is 5.32 Å². The molecule has 0 spiro atoms. The molecular formula is C20H23N5OS. The van der Waals surface area contributed by atoms with E-state index in [9.17, 15) is 4.79 Å². The van der Waals surface area contributed by atoms with Crippen LogP contribution in [0.5, 0.6) is 0 Å². The van der Waals surface area contributed by atoms with E-state index in [1.165, 1.54) is 22.9 Å². The molecule has 1 heterocycles. The van der Waals surface area contributed by atoms with Crippen LogP contribution < -0.4 is 5.32 Å². The van der Waals surface area contributed by atoms with Crippen LogP contribution in [0.1, 0.15) is 29.2 Å². The topological polar surface area (TPSA) is 72.7 Å². The summed E-state index contributed by atoms with van der Waals surface area (Å²) < 4.78 is 1.67. The third-order valence-corrected chi connectivity index (χ3v) is 5.51. The number of aromatic nitrogens is 4. The fourth-order valence-electron chi connectivity index (χ4n) is 2.59. The molecule has 0 saturated carbocycles. The number of hydrogen-bond donors (Lipinski definition) is 1. The lowest BCUT2D eigenvalue weighted by Gasteiger charge is -2.14. The van der Waals surface area contributed by atoms with Gasteiger partial charge in [-0.25, -0.2) is 0 Å². The molecule has 1 aromatic heterocycles. The molecule has 0 bridgehead atoms. The van der Waals surface area contributed by atoms with E-state index in [1.807, 2.05) is 57.2 Å². The van der Waals surface area contributed by atoms with Crippen molar-refractivity contribution in [3.63, 3.8) is 0 Å². The Kier molecular flexibility index (Phi) is 5.60. The zero-order chi connectivity index (χ0) is 19.6. The van der Waals surface area contributed by atoms with Crippen molar-refractivity contribution in [3.05, 3.63) is 58.7 Å².